The number of likely N-dealkylation sites (tertiary alicyclic amines) is 1. The Labute approximate surface area is 198 Å². The van der Waals surface area contributed by atoms with E-state index in [2.05, 4.69) is 43.7 Å². The second-order valence-corrected chi connectivity index (χ2v) is 9.02. The molecule has 1 aliphatic heterocycles. The third-order valence-corrected chi connectivity index (χ3v) is 6.68. The molecule has 2 atom stereocenters. The molecule has 7 nitrogen and oxygen atoms in total. The molecule has 2 aromatic heterocycles. The highest BCUT2D eigenvalue weighted by Crippen LogP contribution is 2.21. The van der Waals surface area contributed by atoms with Crippen molar-refractivity contribution < 1.29 is 9.59 Å². The lowest BCUT2D eigenvalue weighted by atomic mass is 9.98. The molecular weight excluding hydrogens is 426 g/mol. The fourth-order valence-electron chi connectivity index (χ4n) is 4.80. The number of aromatic nitrogens is 2. The quantitative estimate of drug-likeness (QED) is 0.399. The summed E-state index contributed by atoms with van der Waals surface area (Å²) >= 11 is 0. The number of likely N-dealkylation sites (N-methyl/N-ethyl adjacent to an activating group) is 1. The maximum Gasteiger partial charge on any atom is 0.243 e. The third kappa shape index (κ3) is 4.65. The molecule has 5 rings (SSSR count). The number of nitrogens with zero attached hydrogens (tertiary/aromatic N) is 2. The Morgan fingerprint density at radius 1 is 1.15 bits per heavy atom. The summed E-state index contributed by atoms with van der Waals surface area (Å²) < 4.78 is 0. The zero-order chi connectivity index (χ0) is 23.5. The summed E-state index contributed by atoms with van der Waals surface area (Å²) in [6, 6.07) is 17.3. The smallest absolute Gasteiger partial charge is 0.243 e. The maximum absolute atomic E-state index is 13.3. The average molecular weight is 456 g/mol. The van der Waals surface area contributed by atoms with Gasteiger partial charge in [0.2, 0.25) is 11.8 Å². The highest BCUT2D eigenvalue weighted by atomic mass is 16.2. The number of hydrogen-bond acceptors (Lipinski definition) is 4. The predicted octanol–water partition coefficient (Wildman–Crippen LogP) is 3.15. The van der Waals surface area contributed by atoms with Crippen molar-refractivity contribution in [1.82, 2.24) is 25.5 Å². The number of pyridine rings is 1. The summed E-state index contributed by atoms with van der Waals surface area (Å²) in [7, 11) is 1.96. The van der Waals surface area contributed by atoms with Gasteiger partial charge in [0, 0.05) is 30.7 Å². The van der Waals surface area contributed by atoms with Crippen molar-refractivity contribution in [3.63, 3.8) is 0 Å². The summed E-state index contributed by atoms with van der Waals surface area (Å²) in [5, 5.41) is 9.27. The van der Waals surface area contributed by atoms with Crippen LogP contribution < -0.4 is 10.6 Å². The van der Waals surface area contributed by atoms with Gasteiger partial charge in [0.05, 0.1) is 6.04 Å². The molecule has 2 amide bonds. The maximum atomic E-state index is 13.3. The van der Waals surface area contributed by atoms with Gasteiger partial charge >= 0.3 is 0 Å². The van der Waals surface area contributed by atoms with E-state index in [-0.39, 0.29) is 17.9 Å². The number of hydrogen-bond donors (Lipinski definition) is 3. The van der Waals surface area contributed by atoms with Crippen LogP contribution in [0.25, 0.3) is 21.8 Å². The van der Waals surface area contributed by atoms with Gasteiger partial charge in [0.1, 0.15) is 11.7 Å². The minimum Gasteiger partial charge on any atom is -0.350 e. The van der Waals surface area contributed by atoms with Crippen LogP contribution in [0, 0.1) is 0 Å². The standard InChI is InChI=1S/C27H29N5O2/c1-32-13-5-10-24(32)27(34)31-23(15-20-8-4-7-19-6-2-3-9-22(19)20)26(33)30-17-18-14-21-11-12-28-25(21)29-16-18/h2-4,6-9,11-12,14,16,23-24H,5,10,13,15,17H2,1H3,(H,28,29)(H,30,33)(H,31,34)/t23-,24?/m0/s1. The Kier molecular flexibility index (Phi) is 6.27. The molecule has 0 radical (unpaired) electrons. The first-order valence-corrected chi connectivity index (χ1v) is 11.8. The first-order chi connectivity index (χ1) is 16.6. The lowest BCUT2D eigenvalue weighted by molar-refractivity contribution is -0.131. The molecule has 1 saturated heterocycles. The minimum absolute atomic E-state index is 0.0872. The van der Waals surface area contributed by atoms with E-state index >= 15 is 0 Å². The SMILES string of the molecule is CN1CCCC1C(=O)N[C@@H](Cc1cccc2ccccc12)C(=O)NCc1cnc2[nH]ccc2c1. The lowest BCUT2D eigenvalue weighted by Crippen LogP contribution is -2.52. The van der Waals surface area contributed by atoms with Crippen LogP contribution in [-0.2, 0) is 22.6 Å². The van der Waals surface area contributed by atoms with E-state index in [0.29, 0.717) is 13.0 Å². The number of nitrogens with one attached hydrogen (secondary N) is 3. The monoisotopic (exact) mass is 455 g/mol. The van der Waals surface area contributed by atoms with Crippen LogP contribution in [0.15, 0.2) is 67.0 Å². The van der Waals surface area contributed by atoms with E-state index in [9.17, 15) is 9.59 Å². The largest absolute Gasteiger partial charge is 0.350 e. The molecule has 2 aromatic carbocycles. The van der Waals surface area contributed by atoms with Gasteiger partial charge in [0.25, 0.3) is 0 Å². The van der Waals surface area contributed by atoms with E-state index in [0.717, 1.165) is 52.3 Å². The number of carbonyl (C=O) groups excluding carboxylic acids is 2. The molecule has 0 spiro atoms. The highest BCUT2D eigenvalue weighted by molar-refractivity contribution is 5.91. The Bertz CT molecular complexity index is 1330. The van der Waals surface area contributed by atoms with Gasteiger partial charge < -0.3 is 15.6 Å². The zero-order valence-corrected chi connectivity index (χ0v) is 19.3. The average Bonchev–Trinajstić information content (AvgIpc) is 3.50. The molecule has 4 aromatic rings. The highest BCUT2D eigenvalue weighted by Gasteiger charge is 2.31. The van der Waals surface area contributed by atoms with Crippen molar-refractivity contribution in [2.75, 3.05) is 13.6 Å². The van der Waals surface area contributed by atoms with Gasteiger partial charge in [-0.1, -0.05) is 42.5 Å². The van der Waals surface area contributed by atoms with Crippen molar-refractivity contribution in [3.8, 4) is 0 Å². The number of rotatable bonds is 7. The molecule has 0 bridgehead atoms. The summed E-state index contributed by atoms with van der Waals surface area (Å²) in [6.45, 7) is 1.24. The van der Waals surface area contributed by atoms with Gasteiger partial charge in [-0.25, -0.2) is 4.98 Å². The van der Waals surface area contributed by atoms with Crippen molar-refractivity contribution in [3.05, 3.63) is 78.1 Å². The van der Waals surface area contributed by atoms with Gasteiger partial charge in [-0.05, 0) is 60.5 Å². The number of benzene rings is 2. The molecule has 0 saturated carbocycles. The van der Waals surface area contributed by atoms with E-state index < -0.39 is 6.04 Å². The van der Waals surface area contributed by atoms with Gasteiger partial charge in [-0.3, -0.25) is 14.5 Å². The molecule has 174 valence electrons. The normalized spacial score (nSPS) is 17.1. The number of amides is 2. The minimum atomic E-state index is -0.670. The molecule has 1 unspecified atom stereocenters. The second-order valence-electron chi connectivity index (χ2n) is 9.02. The topological polar surface area (TPSA) is 90.1 Å². The lowest BCUT2D eigenvalue weighted by Gasteiger charge is -2.24. The van der Waals surface area contributed by atoms with Crippen molar-refractivity contribution >= 4 is 33.6 Å². The van der Waals surface area contributed by atoms with Gasteiger partial charge in [-0.2, -0.15) is 0 Å². The summed E-state index contributed by atoms with van der Waals surface area (Å²) in [6.07, 6.45) is 5.82. The van der Waals surface area contributed by atoms with Crippen LogP contribution in [0.3, 0.4) is 0 Å². The zero-order valence-electron chi connectivity index (χ0n) is 19.3. The van der Waals surface area contributed by atoms with E-state index in [1.54, 1.807) is 6.20 Å². The van der Waals surface area contributed by atoms with E-state index in [4.69, 9.17) is 0 Å². The fraction of sp³-hybridized carbons (Fsp3) is 0.296. The number of H-pyrrole nitrogens is 1. The van der Waals surface area contributed by atoms with Crippen LogP contribution >= 0.6 is 0 Å². The second kappa shape index (κ2) is 9.65. The van der Waals surface area contributed by atoms with Crippen molar-refractivity contribution in [2.24, 2.45) is 0 Å². The summed E-state index contributed by atoms with van der Waals surface area (Å²) in [5.41, 5.74) is 2.76. The molecule has 0 aliphatic carbocycles. The molecule has 34 heavy (non-hydrogen) atoms. The first-order valence-electron chi connectivity index (χ1n) is 11.8. The molecule has 7 heteroatoms. The molecule has 3 N–H and O–H groups in total. The van der Waals surface area contributed by atoms with Crippen LogP contribution in [0.5, 0.6) is 0 Å². The Morgan fingerprint density at radius 3 is 2.85 bits per heavy atom. The van der Waals surface area contributed by atoms with E-state index in [1.165, 1.54) is 0 Å². The van der Waals surface area contributed by atoms with Gasteiger partial charge in [0.15, 0.2) is 0 Å². The Balaban J connectivity index is 1.35. The molecule has 3 heterocycles. The first kappa shape index (κ1) is 22.1. The van der Waals surface area contributed by atoms with Crippen LogP contribution in [0.4, 0.5) is 0 Å². The van der Waals surface area contributed by atoms with Crippen LogP contribution in [-0.4, -0.2) is 52.4 Å². The molecule has 1 fully saturated rings. The van der Waals surface area contributed by atoms with Gasteiger partial charge in [-0.15, -0.1) is 0 Å². The molecule has 1 aliphatic rings. The molecular formula is C27H29N5O2. The summed E-state index contributed by atoms with van der Waals surface area (Å²) in [5.74, 6) is -0.285. The third-order valence-electron chi connectivity index (χ3n) is 6.68. The number of fused-ring (bicyclic) bond motifs is 2. The Hall–Kier alpha value is -3.71. The number of carbonyl (C=O) groups is 2. The Morgan fingerprint density at radius 2 is 2.00 bits per heavy atom. The van der Waals surface area contributed by atoms with Crippen LogP contribution in [0.1, 0.15) is 24.0 Å². The van der Waals surface area contributed by atoms with Crippen LogP contribution in [0.2, 0.25) is 0 Å². The van der Waals surface area contributed by atoms with Crippen molar-refractivity contribution in [1.29, 1.82) is 0 Å². The summed E-state index contributed by atoms with van der Waals surface area (Å²) in [4.78, 5) is 35.9. The fourth-order valence-corrected chi connectivity index (χ4v) is 4.80. The number of aromatic amines is 1. The van der Waals surface area contributed by atoms with E-state index in [1.807, 2.05) is 49.6 Å². The van der Waals surface area contributed by atoms with Crippen molar-refractivity contribution in [2.45, 2.75) is 37.9 Å². The predicted molar refractivity (Wildman–Crippen MR) is 133 cm³/mol.